The van der Waals surface area contributed by atoms with Crippen LogP contribution in [0.5, 0.6) is 0 Å². The fourth-order valence-corrected chi connectivity index (χ4v) is 5.77. The number of nitrogens with zero attached hydrogens (tertiary/aromatic N) is 3. The number of aromatic nitrogens is 2. The molecule has 2 aromatic rings. The maximum Gasteiger partial charge on any atom is 0.416 e. The highest BCUT2D eigenvalue weighted by atomic mass is 19.4. The van der Waals surface area contributed by atoms with E-state index in [1.54, 1.807) is 0 Å². The third kappa shape index (κ3) is 6.07. The molecule has 0 bridgehead atoms. The van der Waals surface area contributed by atoms with Crippen LogP contribution in [0.2, 0.25) is 0 Å². The number of likely N-dealkylation sites (tertiary alicyclic amines) is 1. The van der Waals surface area contributed by atoms with Gasteiger partial charge in [0.15, 0.2) is 0 Å². The van der Waals surface area contributed by atoms with E-state index in [2.05, 4.69) is 46.7 Å². The summed E-state index contributed by atoms with van der Waals surface area (Å²) in [5.41, 5.74) is -0.444. The van der Waals surface area contributed by atoms with Gasteiger partial charge in [-0.05, 0) is 51.8 Å². The third-order valence-corrected chi connectivity index (χ3v) is 7.13. The number of hydrogen-bond acceptors (Lipinski definition) is 6. The predicted octanol–water partition coefficient (Wildman–Crippen LogP) is 3.96. The van der Waals surface area contributed by atoms with Gasteiger partial charge in [-0.25, -0.2) is 9.97 Å². The number of alkyl halides is 3. The topological polar surface area (TPSA) is 102 Å². The van der Waals surface area contributed by atoms with E-state index in [0.717, 1.165) is 18.6 Å². The molecule has 4 rings (SSSR count). The number of amides is 1. The summed E-state index contributed by atoms with van der Waals surface area (Å²) in [6.45, 7) is 8.38. The van der Waals surface area contributed by atoms with Gasteiger partial charge in [-0.3, -0.25) is 4.79 Å². The van der Waals surface area contributed by atoms with Crippen LogP contribution in [0.4, 0.5) is 19.0 Å². The first-order chi connectivity index (χ1) is 16.7. The molecular weight excluding hydrogens is 473 g/mol. The molecule has 2 fully saturated rings. The average Bonchev–Trinajstić information content (AvgIpc) is 3.13. The van der Waals surface area contributed by atoms with E-state index in [9.17, 15) is 23.2 Å². The highest BCUT2D eigenvalue weighted by Gasteiger charge is 2.45. The fraction of sp³-hybridized carbons (Fsp3) is 0.640. The Morgan fingerprint density at radius 2 is 1.86 bits per heavy atom. The number of anilines is 1. The summed E-state index contributed by atoms with van der Waals surface area (Å²) in [6.07, 6.45) is -0.410. The van der Waals surface area contributed by atoms with Crippen molar-refractivity contribution in [1.82, 2.24) is 20.6 Å². The van der Waals surface area contributed by atoms with Gasteiger partial charge in [0.05, 0.1) is 36.3 Å². The smallest absolute Gasteiger partial charge is 0.416 e. The Morgan fingerprint density at radius 3 is 2.53 bits per heavy atom. The van der Waals surface area contributed by atoms with E-state index in [0.29, 0.717) is 37.1 Å². The quantitative estimate of drug-likeness (QED) is 0.418. The zero-order valence-electron chi connectivity index (χ0n) is 21.2. The first kappa shape index (κ1) is 26.6. The van der Waals surface area contributed by atoms with Gasteiger partial charge in [-0.2, -0.15) is 13.2 Å². The van der Waals surface area contributed by atoms with Gasteiger partial charge in [-0.15, -0.1) is 0 Å². The van der Waals surface area contributed by atoms with Gasteiger partial charge in [0.25, 0.3) is 0 Å². The highest BCUT2D eigenvalue weighted by molar-refractivity contribution is 5.89. The van der Waals surface area contributed by atoms with Crippen LogP contribution < -0.4 is 16.0 Å². The molecule has 36 heavy (non-hydrogen) atoms. The van der Waals surface area contributed by atoms with Crippen molar-refractivity contribution in [1.29, 1.82) is 0 Å². The number of fused-ring (bicyclic) bond motifs is 1. The van der Waals surface area contributed by atoms with Gasteiger partial charge in [-0.1, -0.05) is 0 Å². The van der Waals surface area contributed by atoms with Crippen LogP contribution in [0.15, 0.2) is 24.5 Å². The van der Waals surface area contributed by atoms with E-state index < -0.39 is 16.4 Å². The van der Waals surface area contributed by atoms with Crippen LogP contribution in [-0.4, -0.2) is 63.3 Å². The molecule has 198 valence electrons. The van der Waals surface area contributed by atoms with Crippen molar-refractivity contribution in [2.24, 2.45) is 0 Å². The Morgan fingerprint density at radius 1 is 1.11 bits per heavy atom. The van der Waals surface area contributed by atoms with E-state index >= 15 is 0 Å². The summed E-state index contributed by atoms with van der Waals surface area (Å²) in [7, 11) is 0. The number of carbonyl (C=O) groups is 1. The normalized spacial score (nSPS) is 29.3. The number of halogens is 3. The molecule has 0 radical (unpaired) electrons. The molecule has 1 unspecified atom stereocenters. The molecule has 1 saturated heterocycles. The Kier molecular flexibility index (Phi) is 7.20. The van der Waals surface area contributed by atoms with Crippen LogP contribution in [0.1, 0.15) is 58.9 Å². The molecule has 1 aromatic carbocycles. The molecule has 1 amide bonds. The number of carbonyl (C=O) groups excluding carboxylic acids is 1. The lowest BCUT2D eigenvalue weighted by atomic mass is 9.84. The van der Waals surface area contributed by atoms with Crippen LogP contribution >= 0.6 is 0 Å². The minimum atomic E-state index is -4.48. The molecule has 11 heteroatoms. The van der Waals surface area contributed by atoms with Crippen molar-refractivity contribution in [3.8, 4) is 0 Å². The number of hydrogen-bond donors (Lipinski definition) is 3. The van der Waals surface area contributed by atoms with Gasteiger partial charge in [0, 0.05) is 36.7 Å². The lowest BCUT2D eigenvalue weighted by molar-refractivity contribution is -0.896. The highest BCUT2D eigenvalue weighted by Crippen LogP contribution is 2.36. The molecule has 8 nitrogen and oxygen atoms in total. The molecule has 1 aliphatic heterocycles. The lowest BCUT2D eigenvalue weighted by Gasteiger charge is -2.52. The number of nitrogens with one attached hydrogen (secondary N) is 3. The minimum absolute atomic E-state index is 0.0725. The van der Waals surface area contributed by atoms with E-state index in [1.807, 2.05) is 0 Å². The van der Waals surface area contributed by atoms with E-state index in [4.69, 9.17) is 0 Å². The zero-order chi connectivity index (χ0) is 26.3. The predicted molar refractivity (Wildman–Crippen MR) is 132 cm³/mol. The molecule has 1 aliphatic carbocycles. The SMILES string of the molecule is CC(=O)N[C@@H]1C[C@H](NC(C)(C)C)CC[C@@H]1[N+]1([O-])CC[C@H](Nc2ncnc3ccc(C(F)(F)F)cc23)C1. The summed E-state index contributed by atoms with van der Waals surface area (Å²) < 4.78 is 39.4. The third-order valence-electron chi connectivity index (χ3n) is 7.13. The summed E-state index contributed by atoms with van der Waals surface area (Å²) in [6, 6.07) is 2.80. The number of quaternary nitrogens is 1. The van der Waals surface area contributed by atoms with E-state index in [-0.39, 0.29) is 47.5 Å². The van der Waals surface area contributed by atoms with Crippen molar-refractivity contribution < 1.29 is 22.6 Å². The minimum Gasteiger partial charge on any atom is -0.632 e. The van der Waals surface area contributed by atoms with Crippen molar-refractivity contribution in [3.05, 3.63) is 35.3 Å². The second kappa shape index (κ2) is 9.75. The Hall–Kier alpha value is -2.50. The Bertz CT molecular complexity index is 1110. The Labute approximate surface area is 209 Å². The van der Waals surface area contributed by atoms with Crippen molar-refractivity contribution in [3.63, 3.8) is 0 Å². The van der Waals surface area contributed by atoms with Crippen LogP contribution in [0.25, 0.3) is 10.9 Å². The first-order valence-corrected chi connectivity index (χ1v) is 12.4. The summed E-state index contributed by atoms with van der Waals surface area (Å²) in [5, 5.41) is 24.1. The van der Waals surface area contributed by atoms with Gasteiger partial charge in [0.2, 0.25) is 5.91 Å². The molecule has 3 N–H and O–H groups in total. The van der Waals surface area contributed by atoms with Gasteiger partial charge < -0.3 is 25.8 Å². The maximum absolute atomic E-state index is 14.0. The van der Waals surface area contributed by atoms with Crippen LogP contribution in [0, 0.1) is 5.21 Å². The summed E-state index contributed by atoms with van der Waals surface area (Å²) in [5.74, 6) is 0.135. The Balaban J connectivity index is 1.51. The molecule has 2 heterocycles. The molecule has 1 saturated carbocycles. The second-order valence-corrected chi connectivity index (χ2v) is 11.2. The molecular formula is C25H35F3N6O2. The molecule has 0 spiro atoms. The zero-order valence-corrected chi connectivity index (χ0v) is 21.2. The number of rotatable bonds is 5. The number of benzene rings is 1. The van der Waals surface area contributed by atoms with Crippen molar-refractivity contribution in [2.45, 2.75) is 89.3 Å². The van der Waals surface area contributed by atoms with Gasteiger partial charge in [0.1, 0.15) is 18.2 Å². The van der Waals surface area contributed by atoms with E-state index in [1.165, 1.54) is 19.3 Å². The number of hydroxylamine groups is 3. The maximum atomic E-state index is 14.0. The van der Waals surface area contributed by atoms with Crippen LogP contribution in [0.3, 0.4) is 0 Å². The standard InChI is InChI=1S/C25H35F3N6O2/c1-15(35)31-21-12-17(33-24(2,3)4)6-8-22(21)34(36)10-9-18(13-34)32-23-19-11-16(25(26,27)28)5-7-20(19)29-14-30-23/h5,7,11,14,17-18,21-22,33H,6,8-10,12-13H2,1-4H3,(H,31,35)(H,29,30,32)/t17-,18+,21-,22+,34?/m1/s1. The summed E-state index contributed by atoms with van der Waals surface area (Å²) >= 11 is 0. The van der Waals surface area contributed by atoms with Crippen LogP contribution in [-0.2, 0) is 11.0 Å². The van der Waals surface area contributed by atoms with Crippen molar-refractivity contribution in [2.75, 3.05) is 18.4 Å². The average molecular weight is 509 g/mol. The molecule has 1 aromatic heterocycles. The summed E-state index contributed by atoms with van der Waals surface area (Å²) in [4.78, 5) is 20.2. The second-order valence-electron chi connectivity index (χ2n) is 11.2. The molecule has 5 atom stereocenters. The van der Waals surface area contributed by atoms with Crippen molar-refractivity contribution >= 4 is 22.6 Å². The molecule has 2 aliphatic rings. The largest absolute Gasteiger partial charge is 0.632 e. The fourth-order valence-electron chi connectivity index (χ4n) is 5.77. The van der Waals surface area contributed by atoms with Gasteiger partial charge >= 0.3 is 6.18 Å². The monoisotopic (exact) mass is 508 g/mol. The lowest BCUT2D eigenvalue weighted by Crippen LogP contribution is -2.63. The first-order valence-electron chi connectivity index (χ1n) is 12.4.